The molecule has 36 heavy (non-hydrogen) atoms. The second kappa shape index (κ2) is 10.7. The number of rotatable bonds is 6. The molecule has 0 N–H and O–H groups in total. The molecule has 5 rings (SSSR count). The van der Waals surface area contributed by atoms with Crippen LogP contribution in [-0.2, 0) is 0 Å². The maximum Gasteiger partial charge on any atom is 0.174 e. The van der Waals surface area contributed by atoms with Crippen molar-refractivity contribution >= 4 is 56.6 Å². The zero-order chi connectivity index (χ0) is 25.1. The molecule has 0 amide bonds. The second-order valence-electron chi connectivity index (χ2n) is 8.48. The van der Waals surface area contributed by atoms with Gasteiger partial charge in [-0.25, -0.2) is 9.98 Å². The van der Waals surface area contributed by atoms with E-state index in [4.69, 9.17) is 9.98 Å². The van der Waals surface area contributed by atoms with Gasteiger partial charge in [0.1, 0.15) is 10.4 Å². The number of thioether (sulfide) groups is 2. The van der Waals surface area contributed by atoms with Gasteiger partial charge in [0.15, 0.2) is 11.6 Å². The van der Waals surface area contributed by atoms with E-state index in [-0.39, 0.29) is 28.8 Å². The summed E-state index contributed by atoms with van der Waals surface area (Å²) in [7, 11) is 0. The summed E-state index contributed by atoms with van der Waals surface area (Å²) in [5, 5.41) is 10.9. The summed E-state index contributed by atoms with van der Waals surface area (Å²) in [6, 6.07) is 14.8. The fourth-order valence-corrected chi connectivity index (χ4v) is 6.35. The van der Waals surface area contributed by atoms with E-state index in [1.54, 1.807) is 12.2 Å². The minimum absolute atomic E-state index is 0.0540. The average molecular weight is 513 g/mol. The fourth-order valence-electron chi connectivity index (χ4n) is 4.29. The van der Waals surface area contributed by atoms with E-state index in [2.05, 4.69) is 23.4 Å². The van der Waals surface area contributed by atoms with Crippen LogP contribution in [0.15, 0.2) is 105 Å². The van der Waals surface area contributed by atoms with Gasteiger partial charge in [-0.15, -0.1) is 18.3 Å². The molecule has 3 unspecified atom stereocenters. The minimum Gasteiger partial charge on any atom is -0.293 e. The van der Waals surface area contributed by atoms with Crippen molar-refractivity contribution < 1.29 is 9.59 Å². The standard InChI is InChI=1S/C28H24N4O2S2/c1-3-9-19-25(33)17-11-5-7-13-21(17)29-27(19)35-23-15-16-24(32-31-23)36-28-20(10-4-2)26(34)18-12-6-8-14-22(18)30-28/h3-8,11-15,19-20,24H,1-2,9-10,16H2. The molecule has 3 aliphatic rings. The lowest BCUT2D eigenvalue weighted by Gasteiger charge is -2.25. The van der Waals surface area contributed by atoms with E-state index in [9.17, 15) is 9.59 Å². The molecular weight excluding hydrogens is 488 g/mol. The Kier molecular flexibility index (Phi) is 7.25. The zero-order valence-electron chi connectivity index (χ0n) is 19.5. The van der Waals surface area contributed by atoms with E-state index in [1.807, 2.05) is 54.6 Å². The lowest BCUT2D eigenvalue weighted by atomic mass is 9.92. The Morgan fingerprint density at radius 2 is 1.39 bits per heavy atom. The van der Waals surface area contributed by atoms with Gasteiger partial charge >= 0.3 is 0 Å². The highest BCUT2D eigenvalue weighted by molar-refractivity contribution is 8.17. The first-order valence-corrected chi connectivity index (χ1v) is 13.4. The molecule has 0 aromatic heterocycles. The van der Waals surface area contributed by atoms with E-state index < -0.39 is 0 Å². The monoisotopic (exact) mass is 512 g/mol. The Morgan fingerprint density at radius 1 is 0.833 bits per heavy atom. The van der Waals surface area contributed by atoms with E-state index in [1.165, 1.54) is 23.5 Å². The topological polar surface area (TPSA) is 83.6 Å². The minimum atomic E-state index is -0.368. The van der Waals surface area contributed by atoms with Crippen molar-refractivity contribution in [3.05, 3.63) is 96.1 Å². The number of aliphatic imine (C=N–C) groups is 2. The van der Waals surface area contributed by atoms with Crippen LogP contribution in [0.2, 0.25) is 0 Å². The lowest BCUT2D eigenvalue weighted by molar-refractivity contribution is 0.0947. The molecule has 3 heterocycles. The number of benzene rings is 2. The number of allylic oxidation sites excluding steroid dienone is 2. The number of azo groups is 1. The first-order valence-electron chi connectivity index (χ1n) is 11.7. The van der Waals surface area contributed by atoms with Crippen LogP contribution >= 0.6 is 23.5 Å². The van der Waals surface area contributed by atoms with Gasteiger partial charge in [-0.2, -0.15) is 5.11 Å². The Morgan fingerprint density at radius 3 is 1.94 bits per heavy atom. The highest BCUT2D eigenvalue weighted by Crippen LogP contribution is 2.40. The maximum absolute atomic E-state index is 13.1. The molecule has 0 saturated carbocycles. The molecule has 2 aromatic rings. The zero-order valence-corrected chi connectivity index (χ0v) is 21.2. The van der Waals surface area contributed by atoms with Crippen molar-refractivity contribution in [3.63, 3.8) is 0 Å². The predicted molar refractivity (Wildman–Crippen MR) is 149 cm³/mol. The number of para-hydroxylation sites is 2. The molecule has 0 fully saturated rings. The number of fused-ring (bicyclic) bond motifs is 2. The summed E-state index contributed by atoms with van der Waals surface area (Å²) < 4.78 is 0. The molecule has 2 aromatic carbocycles. The smallest absolute Gasteiger partial charge is 0.174 e. The molecule has 6 nitrogen and oxygen atoms in total. The third-order valence-corrected chi connectivity index (χ3v) is 8.30. The van der Waals surface area contributed by atoms with E-state index in [0.717, 1.165) is 5.04 Å². The van der Waals surface area contributed by atoms with Crippen LogP contribution in [0.25, 0.3) is 0 Å². The predicted octanol–water partition coefficient (Wildman–Crippen LogP) is 7.71. The third-order valence-electron chi connectivity index (χ3n) is 6.08. The average Bonchev–Trinajstić information content (AvgIpc) is 2.90. The van der Waals surface area contributed by atoms with Gasteiger partial charge in [-0.3, -0.25) is 9.59 Å². The third kappa shape index (κ3) is 4.83. The molecule has 0 spiro atoms. The van der Waals surface area contributed by atoms with Gasteiger partial charge in [-0.1, -0.05) is 59.9 Å². The fraction of sp³-hybridized carbons (Fsp3) is 0.214. The highest BCUT2D eigenvalue weighted by Gasteiger charge is 2.34. The van der Waals surface area contributed by atoms with Gasteiger partial charge in [0.2, 0.25) is 0 Å². The summed E-state index contributed by atoms with van der Waals surface area (Å²) in [5.41, 5.74) is 2.66. The quantitative estimate of drug-likeness (QED) is 0.371. The second-order valence-corrected chi connectivity index (χ2v) is 10.7. The summed E-state index contributed by atoms with van der Waals surface area (Å²) in [4.78, 5) is 35.7. The van der Waals surface area contributed by atoms with Crippen LogP contribution in [0.4, 0.5) is 11.4 Å². The van der Waals surface area contributed by atoms with Crippen LogP contribution in [0, 0.1) is 11.8 Å². The summed E-state index contributed by atoms with van der Waals surface area (Å²) in [6.07, 6.45) is 7.20. The molecule has 0 bridgehead atoms. The van der Waals surface area contributed by atoms with E-state index >= 15 is 0 Å². The van der Waals surface area contributed by atoms with Crippen LogP contribution in [0.1, 0.15) is 40.0 Å². The molecule has 0 radical (unpaired) electrons. The number of nitrogens with zero attached hydrogens (tertiary/aromatic N) is 4. The lowest BCUT2D eigenvalue weighted by Crippen LogP contribution is -2.26. The molecule has 3 aliphatic heterocycles. The van der Waals surface area contributed by atoms with Gasteiger partial charge in [0.25, 0.3) is 0 Å². The SMILES string of the molecule is C=CCC1C(=O)c2ccccc2N=C1SC1=CCC(SC2=Nc3ccccc3C(=O)C2CC=C)N=N1. The normalized spacial score (nSPS) is 22.7. The molecule has 180 valence electrons. The number of hydrogen-bond acceptors (Lipinski definition) is 8. The molecular formula is C28H24N4O2S2. The van der Waals surface area contributed by atoms with Gasteiger partial charge in [0, 0.05) is 17.5 Å². The number of carbonyl (C=O) groups excluding carboxylic acids is 2. The first kappa shape index (κ1) is 24.3. The summed E-state index contributed by atoms with van der Waals surface area (Å²) >= 11 is 2.85. The van der Waals surface area contributed by atoms with Crippen molar-refractivity contribution in [2.75, 3.05) is 0 Å². The first-order chi connectivity index (χ1) is 17.6. The van der Waals surface area contributed by atoms with Crippen LogP contribution < -0.4 is 0 Å². The largest absolute Gasteiger partial charge is 0.293 e. The number of Topliss-reactive ketones (excluding diaryl/α,β-unsaturated/α-hetero) is 2. The Labute approximate surface area is 218 Å². The van der Waals surface area contributed by atoms with Crippen LogP contribution in [-0.4, -0.2) is 27.0 Å². The summed E-state index contributed by atoms with van der Waals surface area (Å²) in [5.74, 6) is -0.595. The van der Waals surface area contributed by atoms with Crippen molar-refractivity contribution in [1.82, 2.24) is 0 Å². The van der Waals surface area contributed by atoms with Crippen molar-refractivity contribution in [2.45, 2.75) is 24.6 Å². The van der Waals surface area contributed by atoms with Crippen molar-refractivity contribution in [3.8, 4) is 0 Å². The molecule has 8 heteroatoms. The number of ketones is 2. The Hall–Kier alpha value is -3.36. The highest BCUT2D eigenvalue weighted by atomic mass is 32.2. The molecule has 0 saturated heterocycles. The summed E-state index contributed by atoms with van der Waals surface area (Å²) in [6.45, 7) is 7.63. The van der Waals surface area contributed by atoms with Crippen molar-refractivity contribution in [1.29, 1.82) is 0 Å². The van der Waals surface area contributed by atoms with Gasteiger partial charge < -0.3 is 0 Å². The number of hydrogen-bond donors (Lipinski definition) is 0. The van der Waals surface area contributed by atoms with Crippen molar-refractivity contribution in [2.24, 2.45) is 32.0 Å². The van der Waals surface area contributed by atoms with Gasteiger partial charge in [0.05, 0.1) is 33.3 Å². The van der Waals surface area contributed by atoms with Gasteiger partial charge in [-0.05, 0) is 43.2 Å². The van der Waals surface area contributed by atoms with Crippen LogP contribution in [0.3, 0.4) is 0 Å². The Balaban J connectivity index is 1.32. The maximum atomic E-state index is 13.1. The molecule has 0 aliphatic carbocycles. The molecule has 3 atom stereocenters. The van der Waals surface area contributed by atoms with E-state index in [0.29, 0.717) is 51.8 Å². The van der Waals surface area contributed by atoms with Crippen LogP contribution in [0.5, 0.6) is 0 Å². The Bertz CT molecular complexity index is 1380. The number of carbonyl (C=O) groups is 2.